The molecule has 182 valence electrons. The van der Waals surface area contributed by atoms with E-state index in [1.165, 1.54) is 0 Å². The van der Waals surface area contributed by atoms with Crippen molar-refractivity contribution in [3.05, 3.63) is 89.1 Å². The third-order valence-corrected chi connectivity index (χ3v) is 5.03. The number of benzene rings is 3. The van der Waals surface area contributed by atoms with Crippen molar-refractivity contribution in [2.45, 2.75) is 20.8 Å². The van der Waals surface area contributed by atoms with E-state index in [9.17, 15) is 9.59 Å². The SMILES string of the molecule is CCOc1ccc(/C=C(/NC(=O)c2ccc(OC)cc2)C(=O)Nc2ccc(C)cc2)cc1OCC. The van der Waals surface area contributed by atoms with Gasteiger partial charge in [0.1, 0.15) is 11.4 Å². The fourth-order valence-corrected chi connectivity index (χ4v) is 3.25. The third-order valence-electron chi connectivity index (χ3n) is 5.03. The molecule has 0 fully saturated rings. The van der Waals surface area contributed by atoms with Gasteiger partial charge in [-0.25, -0.2) is 0 Å². The van der Waals surface area contributed by atoms with Crippen molar-refractivity contribution in [2.24, 2.45) is 0 Å². The Bertz CT molecular complexity index is 1180. The summed E-state index contributed by atoms with van der Waals surface area (Å²) in [5, 5.41) is 5.58. The highest BCUT2D eigenvalue weighted by molar-refractivity contribution is 6.10. The fraction of sp³-hybridized carbons (Fsp3) is 0.214. The van der Waals surface area contributed by atoms with Crippen LogP contribution in [0.4, 0.5) is 5.69 Å². The molecule has 0 saturated heterocycles. The van der Waals surface area contributed by atoms with Crippen molar-refractivity contribution >= 4 is 23.6 Å². The van der Waals surface area contributed by atoms with E-state index in [4.69, 9.17) is 14.2 Å². The molecule has 0 aliphatic carbocycles. The van der Waals surface area contributed by atoms with E-state index in [1.54, 1.807) is 67.8 Å². The van der Waals surface area contributed by atoms with E-state index in [1.807, 2.05) is 32.9 Å². The zero-order valence-corrected chi connectivity index (χ0v) is 20.4. The Morgan fingerprint density at radius 2 is 1.51 bits per heavy atom. The second-order valence-corrected chi connectivity index (χ2v) is 7.63. The second-order valence-electron chi connectivity index (χ2n) is 7.63. The Kier molecular flexibility index (Phi) is 8.89. The maximum Gasteiger partial charge on any atom is 0.272 e. The molecule has 0 heterocycles. The summed E-state index contributed by atoms with van der Waals surface area (Å²) in [6.07, 6.45) is 1.60. The van der Waals surface area contributed by atoms with Gasteiger partial charge in [0.15, 0.2) is 11.5 Å². The summed E-state index contributed by atoms with van der Waals surface area (Å²) >= 11 is 0. The largest absolute Gasteiger partial charge is 0.497 e. The molecule has 0 aliphatic rings. The lowest BCUT2D eigenvalue weighted by molar-refractivity contribution is -0.113. The van der Waals surface area contributed by atoms with Crippen molar-refractivity contribution in [3.63, 3.8) is 0 Å². The van der Waals surface area contributed by atoms with Crippen molar-refractivity contribution in [1.82, 2.24) is 5.32 Å². The molecule has 0 bridgehead atoms. The van der Waals surface area contributed by atoms with Gasteiger partial charge >= 0.3 is 0 Å². The molecule has 2 N–H and O–H groups in total. The molecule has 0 unspecified atom stereocenters. The number of aryl methyl sites for hydroxylation is 1. The van der Waals surface area contributed by atoms with Crippen molar-refractivity contribution in [2.75, 3.05) is 25.6 Å². The van der Waals surface area contributed by atoms with Crippen LogP contribution in [0.15, 0.2) is 72.4 Å². The van der Waals surface area contributed by atoms with Crippen LogP contribution in [0.3, 0.4) is 0 Å². The van der Waals surface area contributed by atoms with Gasteiger partial charge in [-0.1, -0.05) is 23.8 Å². The molecule has 0 saturated carbocycles. The van der Waals surface area contributed by atoms with Gasteiger partial charge in [-0.15, -0.1) is 0 Å². The van der Waals surface area contributed by atoms with Crippen LogP contribution in [-0.2, 0) is 4.79 Å². The number of methoxy groups -OCH3 is 1. The Balaban J connectivity index is 1.93. The number of carbonyl (C=O) groups is 2. The van der Waals surface area contributed by atoms with Crippen LogP contribution in [0.25, 0.3) is 6.08 Å². The minimum atomic E-state index is -0.456. The lowest BCUT2D eigenvalue weighted by Gasteiger charge is -2.14. The second kappa shape index (κ2) is 12.3. The average molecular weight is 475 g/mol. The van der Waals surface area contributed by atoms with Crippen LogP contribution in [0.5, 0.6) is 17.2 Å². The number of hydrogen-bond donors (Lipinski definition) is 2. The molecule has 3 aromatic carbocycles. The Morgan fingerprint density at radius 1 is 0.857 bits per heavy atom. The summed E-state index contributed by atoms with van der Waals surface area (Å²) in [4.78, 5) is 26.1. The maximum absolute atomic E-state index is 13.2. The van der Waals surface area contributed by atoms with Gasteiger partial charge in [-0.3, -0.25) is 9.59 Å². The Morgan fingerprint density at radius 3 is 2.14 bits per heavy atom. The number of amides is 2. The zero-order valence-electron chi connectivity index (χ0n) is 20.4. The van der Waals surface area contributed by atoms with E-state index in [2.05, 4.69) is 10.6 Å². The Hall–Kier alpha value is -4.26. The molecular formula is C28H30N2O5. The van der Waals surface area contributed by atoms with Gasteiger partial charge in [0.2, 0.25) is 0 Å². The molecule has 7 nitrogen and oxygen atoms in total. The molecule has 2 amide bonds. The van der Waals surface area contributed by atoms with E-state index in [0.717, 1.165) is 5.56 Å². The van der Waals surface area contributed by atoms with Crippen LogP contribution in [0.1, 0.15) is 35.3 Å². The van der Waals surface area contributed by atoms with Crippen LogP contribution >= 0.6 is 0 Å². The highest BCUT2D eigenvalue weighted by Crippen LogP contribution is 2.29. The number of ether oxygens (including phenoxy) is 3. The first kappa shape index (κ1) is 25.4. The normalized spacial score (nSPS) is 10.9. The van der Waals surface area contributed by atoms with Crippen LogP contribution in [0.2, 0.25) is 0 Å². The number of nitrogens with one attached hydrogen (secondary N) is 2. The number of carbonyl (C=O) groups excluding carboxylic acids is 2. The van der Waals surface area contributed by atoms with Gasteiger partial charge in [-0.2, -0.15) is 0 Å². The first-order valence-corrected chi connectivity index (χ1v) is 11.4. The average Bonchev–Trinajstić information content (AvgIpc) is 2.86. The quantitative estimate of drug-likeness (QED) is 0.394. The Labute approximate surface area is 205 Å². The van der Waals surface area contributed by atoms with E-state index in [-0.39, 0.29) is 5.70 Å². The summed E-state index contributed by atoms with van der Waals surface area (Å²) in [5.41, 5.74) is 2.83. The standard InChI is InChI=1S/C28H30N2O5/c1-5-34-25-16-9-20(18-26(25)35-6-2)17-24(28(32)29-22-12-7-19(3)8-13-22)30-27(31)21-10-14-23(33-4)15-11-21/h7-18H,5-6H2,1-4H3,(H,29,32)(H,30,31)/b24-17+. The summed E-state index contributed by atoms with van der Waals surface area (Å²) in [5.74, 6) is 0.922. The highest BCUT2D eigenvalue weighted by atomic mass is 16.5. The van der Waals surface area contributed by atoms with Gasteiger partial charge in [0.25, 0.3) is 11.8 Å². The minimum absolute atomic E-state index is 0.0815. The van der Waals surface area contributed by atoms with Crippen LogP contribution < -0.4 is 24.8 Å². The monoisotopic (exact) mass is 474 g/mol. The molecule has 35 heavy (non-hydrogen) atoms. The molecule has 0 atom stereocenters. The van der Waals surface area contributed by atoms with E-state index < -0.39 is 11.8 Å². The zero-order chi connectivity index (χ0) is 25.2. The summed E-state index contributed by atoms with van der Waals surface area (Å²) < 4.78 is 16.5. The molecule has 3 aromatic rings. The van der Waals surface area contributed by atoms with Gasteiger partial charge in [0.05, 0.1) is 20.3 Å². The van der Waals surface area contributed by atoms with E-state index >= 15 is 0 Å². The minimum Gasteiger partial charge on any atom is -0.497 e. The molecule has 0 aliphatic heterocycles. The van der Waals surface area contributed by atoms with Gasteiger partial charge in [0, 0.05) is 11.3 Å². The predicted molar refractivity (Wildman–Crippen MR) is 137 cm³/mol. The van der Waals surface area contributed by atoms with Crippen molar-refractivity contribution in [1.29, 1.82) is 0 Å². The van der Waals surface area contributed by atoms with Crippen molar-refractivity contribution in [3.8, 4) is 17.2 Å². The first-order chi connectivity index (χ1) is 16.9. The summed E-state index contributed by atoms with van der Waals surface area (Å²) in [7, 11) is 1.55. The lowest BCUT2D eigenvalue weighted by atomic mass is 10.1. The maximum atomic E-state index is 13.2. The number of rotatable bonds is 10. The highest BCUT2D eigenvalue weighted by Gasteiger charge is 2.16. The summed E-state index contributed by atoms with van der Waals surface area (Å²) in [6, 6.07) is 19.4. The molecule has 3 rings (SSSR count). The summed E-state index contributed by atoms with van der Waals surface area (Å²) in [6.45, 7) is 6.70. The van der Waals surface area contributed by atoms with Crippen LogP contribution in [-0.4, -0.2) is 32.1 Å². The lowest BCUT2D eigenvalue weighted by Crippen LogP contribution is -2.30. The first-order valence-electron chi connectivity index (χ1n) is 11.4. The fourth-order valence-electron chi connectivity index (χ4n) is 3.25. The topological polar surface area (TPSA) is 85.9 Å². The van der Waals surface area contributed by atoms with Crippen LogP contribution in [0, 0.1) is 6.92 Å². The third kappa shape index (κ3) is 7.11. The number of anilines is 1. The van der Waals surface area contributed by atoms with E-state index in [0.29, 0.717) is 47.3 Å². The smallest absolute Gasteiger partial charge is 0.272 e. The molecule has 7 heteroatoms. The molecular weight excluding hydrogens is 444 g/mol. The predicted octanol–water partition coefficient (Wildman–Crippen LogP) is 5.21. The molecule has 0 spiro atoms. The van der Waals surface area contributed by atoms with Crippen molar-refractivity contribution < 1.29 is 23.8 Å². The number of hydrogen-bond acceptors (Lipinski definition) is 5. The molecule has 0 aromatic heterocycles. The van der Waals surface area contributed by atoms with Gasteiger partial charge < -0.3 is 24.8 Å². The molecule has 0 radical (unpaired) electrons. The van der Waals surface area contributed by atoms with Gasteiger partial charge in [-0.05, 0) is 80.9 Å².